The molecule has 37 heavy (non-hydrogen) atoms. The van der Waals surface area contributed by atoms with Crippen LogP contribution in [0.2, 0.25) is 0 Å². The highest BCUT2D eigenvalue weighted by Crippen LogP contribution is 2.43. The second-order valence-corrected chi connectivity index (χ2v) is 9.81. The average molecular weight is 492 g/mol. The molecule has 0 aromatic heterocycles. The molecular formula is C32H26FNO3. The number of carbonyl (C=O) groups excluding carboxylic acids is 2. The van der Waals surface area contributed by atoms with E-state index in [1.54, 1.807) is 12.1 Å². The van der Waals surface area contributed by atoms with Crippen molar-refractivity contribution in [2.24, 2.45) is 0 Å². The first-order valence-electron chi connectivity index (χ1n) is 12.6. The molecule has 6 rings (SSSR count). The third kappa shape index (κ3) is 4.10. The fourth-order valence-electron chi connectivity index (χ4n) is 5.68. The van der Waals surface area contributed by atoms with E-state index in [1.807, 2.05) is 60.7 Å². The van der Waals surface area contributed by atoms with Gasteiger partial charge < -0.3 is 10.0 Å². The Kier molecular flexibility index (Phi) is 5.84. The van der Waals surface area contributed by atoms with Crippen LogP contribution in [0.4, 0.5) is 4.39 Å². The molecule has 1 atom stereocenters. The Bertz CT molecular complexity index is 1570. The molecule has 1 aliphatic heterocycles. The number of likely N-dealkylation sites (tertiary alicyclic amines) is 1. The van der Waals surface area contributed by atoms with Gasteiger partial charge in [0.15, 0.2) is 0 Å². The Morgan fingerprint density at radius 2 is 1.59 bits per heavy atom. The molecule has 0 saturated carbocycles. The van der Waals surface area contributed by atoms with E-state index < -0.39 is 17.7 Å². The van der Waals surface area contributed by atoms with Gasteiger partial charge in [-0.25, -0.2) is 4.39 Å². The van der Waals surface area contributed by atoms with Crippen LogP contribution in [0.15, 0.2) is 90.5 Å². The number of ketones is 1. The summed E-state index contributed by atoms with van der Waals surface area (Å²) in [5, 5.41) is 13.4. The van der Waals surface area contributed by atoms with Gasteiger partial charge in [-0.2, -0.15) is 0 Å². The monoisotopic (exact) mass is 491 g/mol. The van der Waals surface area contributed by atoms with E-state index in [2.05, 4.69) is 0 Å². The molecule has 5 heteroatoms. The second kappa shape index (κ2) is 9.32. The molecule has 1 fully saturated rings. The summed E-state index contributed by atoms with van der Waals surface area (Å²) in [5.41, 5.74) is 4.54. The van der Waals surface area contributed by atoms with Crippen LogP contribution in [-0.4, -0.2) is 21.7 Å². The molecule has 0 bridgehead atoms. The number of hydrogen-bond donors (Lipinski definition) is 1. The predicted molar refractivity (Wildman–Crippen MR) is 141 cm³/mol. The Morgan fingerprint density at radius 1 is 0.865 bits per heavy atom. The molecule has 1 heterocycles. The summed E-state index contributed by atoms with van der Waals surface area (Å²) < 4.78 is 13.6. The highest BCUT2D eigenvalue weighted by Gasteiger charge is 2.46. The van der Waals surface area contributed by atoms with Crippen LogP contribution in [0.25, 0.3) is 16.5 Å². The molecule has 4 aromatic carbocycles. The van der Waals surface area contributed by atoms with Gasteiger partial charge in [0.2, 0.25) is 0 Å². The quantitative estimate of drug-likeness (QED) is 0.202. The number of nitrogens with zero attached hydrogens (tertiary/aromatic N) is 1. The maximum absolute atomic E-state index is 13.6. The van der Waals surface area contributed by atoms with Crippen LogP contribution in [-0.2, 0) is 29.0 Å². The molecule has 1 aliphatic carbocycles. The van der Waals surface area contributed by atoms with Gasteiger partial charge in [0.25, 0.3) is 11.7 Å². The van der Waals surface area contributed by atoms with Gasteiger partial charge in [-0.1, -0.05) is 66.7 Å². The fraction of sp³-hybridized carbons (Fsp3) is 0.188. The lowest BCUT2D eigenvalue weighted by Gasteiger charge is -2.26. The zero-order valence-corrected chi connectivity index (χ0v) is 20.3. The third-order valence-corrected chi connectivity index (χ3v) is 7.55. The molecule has 0 radical (unpaired) electrons. The maximum atomic E-state index is 13.6. The Balaban J connectivity index is 1.54. The van der Waals surface area contributed by atoms with E-state index in [0.717, 1.165) is 42.0 Å². The lowest BCUT2D eigenvalue weighted by Crippen LogP contribution is -2.29. The lowest BCUT2D eigenvalue weighted by atomic mass is 9.88. The van der Waals surface area contributed by atoms with Gasteiger partial charge >= 0.3 is 0 Å². The van der Waals surface area contributed by atoms with Gasteiger partial charge in [0.1, 0.15) is 11.6 Å². The predicted octanol–water partition coefficient (Wildman–Crippen LogP) is 6.48. The van der Waals surface area contributed by atoms with Crippen molar-refractivity contribution in [3.8, 4) is 0 Å². The first-order chi connectivity index (χ1) is 18.0. The summed E-state index contributed by atoms with van der Waals surface area (Å²) >= 11 is 0. The molecule has 184 valence electrons. The van der Waals surface area contributed by atoms with Crippen molar-refractivity contribution in [2.45, 2.75) is 38.3 Å². The van der Waals surface area contributed by atoms with E-state index in [1.165, 1.54) is 28.2 Å². The minimum atomic E-state index is -0.785. The minimum absolute atomic E-state index is 0.0826. The van der Waals surface area contributed by atoms with Crippen molar-refractivity contribution >= 4 is 28.2 Å². The van der Waals surface area contributed by atoms with Gasteiger partial charge in [0.05, 0.1) is 11.6 Å². The number of hydrogen-bond acceptors (Lipinski definition) is 3. The molecule has 1 N–H and O–H groups in total. The van der Waals surface area contributed by atoms with Gasteiger partial charge in [-0.3, -0.25) is 9.59 Å². The zero-order valence-electron chi connectivity index (χ0n) is 20.3. The number of halogens is 1. The number of aliphatic hydroxyl groups excluding tert-OH is 1. The number of aryl methyl sites for hydroxylation is 2. The number of fused-ring (bicyclic) bond motifs is 2. The van der Waals surface area contributed by atoms with Crippen LogP contribution in [0.5, 0.6) is 0 Å². The van der Waals surface area contributed by atoms with Gasteiger partial charge in [0, 0.05) is 12.1 Å². The summed E-state index contributed by atoms with van der Waals surface area (Å²) in [6, 6.07) is 24.5. The first-order valence-corrected chi connectivity index (χ1v) is 12.6. The summed E-state index contributed by atoms with van der Waals surface area (Å²) in [4.78, 5) is 28.4. The Hall–Kier alpha value is -4.25. The van der Waals surface area contributed by atoms with Crippen molar-refractivity contribution in [2.75, 3.05) is 0 Å². The number of carbonyl (C=O) groups is 2. The zero-order chi connectivity index (χ0) is 25.5. The topological polar surface area (TPSA) is 57.6 Å². The third-order valence-electron chi connectivity index (χ3n) is 7.55. The molecule has 1 amide bonds. The normalized spacial score (nSPS) is 18.8. The largest absolute Gasteiger partial charge is 0.507 e. The molecule has 1 unspecified atom stereocenters. The Labute approximate surface area is 214 Å². The number of Topliss-reactive ketones (excluding diaryl/α,β-unsaturated/α-hetero) is 1. The van der Waals surface area contributed by atoms with E-state index >= 15 is 0 Å². The van der Waals surface area contributed by atoms with Crippen LogP contribution in [0.1, 0.15) is 46.7 Å². The van der Waals surface area contributed by atoms with Crippen LogP contribution in [0, 0.1) is 5.82 Å². The molecule has 2 aliphatic rings. The standard InChI is InChI=1S/C32H26FNO3/c33-25-16-12-20(13-17-25)19-34-29(27-11-5-9-22-7-3-4-10-26(22)27)28(31(36)32(34)37)30(35)24-15-14-21-6-1-2-8-23(21)18-24/h3-5,7,9-18,29,35H,1-2,6,8,19H2/b30-28-. The SMILES string of the molecule is O=C1C(=O)N(Cc2ccc(F)cc2)C(c2cccc3ccccc23)/C1=C(/O)c1ccc2c(c1)CCCC2. The summed E-state index contributed by atoms with van der Waals surface area (Å²) in [6.07, 6.45) is 4.18. The summed E-state index contributed by atoms with van der Waals surface area (Å²) in [5.74, 6) is -1.92. The molecule has 0 spiro atoms. The van der Waals surface area contributed by atoms with Gasteiger partial charge in [-0.05, 0) is 76.9 Å². The van der Waals surface area contributed by atoms with E-state index in [-0.39, 0.29) is 23.7 Å². The summed E-state index contributed by atoms with van der Waals surface area (Å²) in [6.45, 7) is 0.111. The molecule has 4 aromatic rings. The van der Waals surface area contributed by atoms with Crippen LogP contribution >= 0.6 is 0 Å². The van der Waals surface area contributed by atoms with E-state index in [9.17, 15) is 19.1 Å². The maximum Gasteiger partial charge on any atom is 0.295 e. The molecular weight excluding hydrogens is 465 g/mol. The minimum Gasteiger partial charge on any atom is -0.507 e. The highest BCUT2D eigenvalue weighted by molar-refractivity contribution is 6.46. The van der Waals surface area contributed by atoms with Gasteiger partial charge in [-0.15, -0.1) is 0 Å². The van der Waals surface area contributed by atoms with Crippen molar-refractivity contribution in [3.63, 3.8) is 0 Å². The number of aliphatic hydroxyl groups is 1. The number of benzene rings is 4. The van der Waals surface area contributed by atoms with Crippen molar-refractivity contribution in [1.82, 2.24) is 4.90 Å². The molecule has 1 saturated heterocycles. The lowest BCUT2D eigenvalue weighted by molar-refractivity contribution is -0.140. The summed E-state index contributed by atoms with van der Waals surface area (Å²) in [7, 11) is 0. The number of amides is 1. The van der Waals surface area contributed by atoms with Crippen molar-refractivity contribution in [3.05, 3.63) is 124 Å². The van der Waals surface area contributed by atoms with E-state index in [4.69, 9.17) is 0 Å². The molecule has 4 nitrogen and oxygen atoms in total. The highest BCUT2D eigenvalue weighted by atomic mass is 19.1. The van der Waals surface area contributed by atoms with Crippen molar-refractivity contribution < 1.29 is 19.1 Å². The average Bonchev–Trinajstić information content (AvgIpc) is 3.18. The van der Waals surface area contributed by atoms with Crippen LogP contribution in [0.3, 0.4) is 0 Å². The van der Waals surface area contributed by atoms with Crippen LogP contribution < -0.4 is 0 Å². The first kappa shape index (κ1) is 23.2. The van der Waals surface area contributed by atoms with E-state index in [0.29, 0.717) is 11.1 Å². The van der Waals surface area contributed by atoms with Crippen molar-refractivity contribution in [1.29, 1.82) is 0 Å². The fourth-order valence-corrected chi connectivity index (χ4v) is 5.68. The smallest absolute Gasteiger partial charge is 0.295 e. The number of rotatable bonds is 4. The second-order valence-electron chi connectivity index (χ2n) is 9.81. The Morgan fingerprint density at radius 3 is 2.41 bits per heavy atom.